The summed E-state index contributed by atoms with van der Waals surface area (Å²) < 4.78 is 14.0. The molecule has 0 aromatic carbocycles. The summed E-state index contributed by atoms with van der Waals surface area (Å²) in [5.74, 6) is -0.0480. The zero-order valence-corrected chi connectivity index (χ0v) is 14.5. The number of rotatable bonds is 5. The zero-order valence-electron chi connectivity index (χ0n) is 13.7. The predicted molar refractivity (Wildman–Crippen MR) is 91.1 cm³/mol. The molecule has 0 saturated heterocycles. The lowest BCUT2D eigenvalue weighted by Crippen LogP contribution is -2.20. The number of nitriles is 1. The summed E-state index contributed by atoms with van der Waals surface area (Å²) in [4.78, 5) is 24.0. The van der Waals surface area contributed by atoms with Gasteiger partial charge in [-0.1, -0.05) is 11.3 Å². The first-order chi connectivity index (χ1) is 12.0. The van der Waals surface area contributed by atoms with E-state index in [4.69, 9.17) is 9.15 Å². The third kappa shape index (κ3) is 3.14. The van der Waals surface area contributed by atoms with E-state index in [-0.39, 0.29) is 35.0 Å². The molecule has 3 aromatic heterocycles. The summed E-state index contributed by atoms with van der Waals surface area (Å²) in [7, 11) is 0. The first-order valence-corrected chi connectivity index (χ1v) is 8.39. The Morgan fingerprint density at radius 3 is 2.68 bits per heavy atom. The highest BCUT2D eigenvalue weighted by atomic mass is 32.1. The second kappa shape index (κ2) is 6.83. The minimum absolute atomic E-state index is 0.0324. The Hall–Kier alpha value is -3.05. The smallest absolute Gasteiger partial charge is 0.343 e. The third-order valence-electron chi connectivity index (χ3n) is 3.75. The maximum atomic E-state index is 12.4. The van der Waals surface area contributed by atoms with Crippen LogP contribution in [0.15, 0.2) is 39.1 Å². The Morgan fingerprint density at radius 2 is 2.08 bits per heavy atom. The van der Waals surface area contributed by atoms with E-state index < -0.39 is 5.97 Å². The molecule has 8 heteroatoms. The second-order valence-electron chi connectivity index (χ2n) is 5.35. The average Bonchev–Trinajstić information content (AvgIpc) is 3.29. The summed E-state index contributed by atoms with van der Waals surface area (Å²) in [5.41, 5.74) is 1.06. The lowest BCUT2D eigenvalue weighted by molar-refractivity contribution is 0.0488. The number of hydrogen-bond donors (Lipinski definition) is 0. The number of nitrogens with zero attached hydrogens (tertiary/aromatic N) is 3. The van der Waals surface area contributed by atoms with Crippen molar-refractivity contribution in [2.75, 3.05) is 6.61 Å². The summed E-state index contributed by atoms with van der Waals surface area (Å²) in [6, 6.07) is 5.59. The molecule has 3 heterocycles. The molecule has 0 aliphatic heterocycles. The molecule has 0 aliphatic rings. The normalized spacial score (nSPS) is 10.6. The first kappa shape index (κ1) is 16.8. The van der Waals surface area contributed by atoms with Crippen LogP contribution in [0.4, 0.5) is 0 Å². The van der Waals surface area contributed by atoms with Crippen molar-refractivity contribution >= 4 is 17.3 Å². The van der Waals surface area contributed by atoms with E-state index in [2.05, 4.69) is 0 Å². The number of aromatic nitrogens is 2. The largest absolute Gasteiger partial charge is 0.460 e. The van der Waals surface area contributed by atoms with Crippen molar-refractivity contribution < 1.29 is 13.9 Å². The summed E-state index contributed by atoms with van der Waals surface area (Å²) >= 11 is 1.10. The van der Waals surface area contributed by atoms with Crippen molar-refractivity contribution in [2.45, 2.75) is 20.4 Å². The molecule has 7 nitrogen and oxygen atoms in total. The summed E-state index contributed by atoms with van der Waals surface area (Å²) in [6.45, 7) is 3.73. The average molecular weight is 357 g/mol. The molecule has 0 saturated carbocycles. The fourth-order valence-corrected chi connectivity index (χ4v) is 3.27. The molecule has 128 valence electrons. The van der Waals surface area contributed by atoms with Crippen LogP contribution in [-0.2, 0) is 11.3 Å². The fraction of sp³-hybridized carbons (Fsp3) is 0.235. The molecule has 0 unspecified atom stereocenters. The van der Waals surface area contributed by atoms with Crippen LogP contribution in [0, 0.1) is 25.2 Å². The topological polar surface area (TPSA) is 90.2 Å². The number of aryl methyl sites for hydroxylation is 2. The van der Waals surface area contributed by atoms with E-state index in [9.17, 15) is 14.9 Å². The van der Waals surface area contributed by atoms with Gasteiger partial charge in [-0.05, 0) is 26.0 Å². The van der Waals surface area contributed by atoms with Crippen molar-refractivity contribution in [1.29, 1.82) is 5.26 Å². The van der Waals surface area contributed by atoms with E-state index in [0.717, 1.165) is 17.0 Å². The van der Waals surface area contributed by atoms with Gasteiger partial charge >= 0.3 is 10.8 Å². The van der Waals surface area contributed by atoms with Crippen LogP contribution < -0.4 is 4.87 Å². The zero-order chi connectivity index (χ0) is 18.0. The van der Waals surface area contributed by atoms with Crippen LogP contribution in [-0.4, -0.2) is 21.7 Å². The van der Waals surface area contributed by atoms with Crippen LogP contribution in [0.25, 0.3) is 5.88 Å². The molecule has 0 N–H and O–H groups in total. The molecular weight excluding hydrogens is 342 g/mol. The van der Waals surface area contributed by atoms with Crippen LogP contribution in [0.5, 0.6) is 0 Å². The Kier molecular flexibility index (Phi) is 4.59. The standard InChI is InChI=1S/C17H15N3O4S/c1-11-10-25-17(22)20(11)7-8-23-16(21)14-12(2)24-15(13(14)9-18)19-5-3-4-6-19/h3-6,10H,7-8H2,1-2H3. The van der Waals surface area contributed by atoms with Crippen LogP contribution in [0.3, 0.4) is 0 Å². The Balaban J connectivity index is 1.79. The van der Waals surface area contributed by atoms with Gasteiger partial charge in [0.1, 0.15) is 29.6 Å². The molecule has 0 amide bonds. The van der Waals surface area contributed by atoms with E-state index in [0.29, 0.717) is 5.76 Å². The Morgan fingerprint density at radius 1 is 1.36 bits per heavy atom. The van der Waals surface area contributed by atoms with Gasteiger partial charge in [-0.25, -0.2) is 4.79 Å². The van der Waals surface area contributed by atoms with Gasteiger partial charge in [-0.3, -0.25) is 13.9 Å². The van der Waals surface area contributed by atoms with Crippen molar-refractivity contribution in [3.05, 3.63) is 62.2 Å². The highest BCUT2D eigenvalue weighted by molar-refractivity contribution is 7.07. The van der Waals surface area contributed by atoms with E-state index in [1.165, 1.54) is 4.57 Å². The van der Waals surface area contributed by atoms with E-state index in [1.54, 1.807) is 41.4 Å². The quantitative estimate of drug-likeness (QED) is 0.655. The monoisotopic (exact) mass is 357 g/mol. The molecule has 3 aromatic rings. The number of ether oxygens (including phenoxy) is 1. The molecule has 0 atom stereocenters. The maximum Gasteiger partial charge on any atom is 0.343 e. The van der Waals surface area contributed by atoms with Crippen molar-refractivity contribution in [3.63, 3.8) is 0 Å². The van der Waals surface area contributed by atoms with Gasteiger partial charge in [0.2, 0.25) is 5.88 Å². The third-order valence-corrected chi connectivity index (χ3v) is 4.63. The van der Waals surface area contributed by atoms with Crippen LogP contribution >= 0.6 is 11.3 Å². The molecule has 0 radical (unpaired) electrons. The van der Waals surface area contributed by atoms with Gasteiger partial charge in [-0.15, -0.1) is 0 Å². The number of furan rings is 1. The highest BCUT2D eigenvalue weighted by Gasteiger charge is 2.25. The number of carbonyl (C=O) groups is 1. The molecule has 0 spiro atoms. The Bertz CT molecular complexity index is 1000. The predicted octanol–water partition coefficient (Wildman–Crippen LogP) is 2.64. The molecule has 0 bridgehead atoms. The lowest BCUT2D eigenvalue weighted by atomic mass is 10.1. The maximum absolute atomic E-state index is 12.4. The van der Waals surface area contributed by atoms with Gasteiger partial charge < -0.3 is 9.15 Å². The molecule has 3 rings (SSSR count). The van der Waals surface area contributed by atoms with Crippen LogP contribution in [0.1, 0.15) is 27.4 Å². The van der Waals surface area contributed by atoms with Crippen molar-refractivity contribution in [2.24, 2.45) is 0 Å². The molecule has 0 aliphatic carbocycles. The van der Waals surface area contributed by atoms with Gasteiger partial charge in [0.05, 0.1) is 6.54 Å². The van der Waals surface area contributed by atoms with Gasteiger partial charge in [0.25, 0.3) is 0 Å². The highest BCUT2D eigenvalue weighted by Crippen LogP contribution is 2.26. The molecule has 25 heavy (non-hydrogen) atoms. The second-order valence-corrected chi connectivity index (χ2v) is 6.17. The number of hydrogen-bond acceptors (Lipinski definition) is 6. The van der Waals surface area contributed by atoms with E-state index in [1.807, 2.05) is 13.0 Å². The molecular formula is C17H15N3O4S. The minimum Gasteiger partial charge on any atom is -0.460 e. The summed E-state index contributed by atoms with van der Waals surface area (Å²) in [5, 5.41) is 11.2. The fourth-order valence-electron chi connectivity index (χ4n) is 2.51. The number of esters is 1. The van der Waals surface area contributed by atoms with Crippen molar-refractivity contribution in [3.8, 4) is 12.0 Å². The Labute approximate surface area is 147 Å². The minimum atomic E-state index is -0.642. The van der Waals surface area contributed by atoms with Gasteiger partial charge in [-0.2, -0.15) is 5.26 Å². The van der Waals surface area contributed by atoms with Gasteiger partial charge in [0, 0.05) is 23.5 Å². The summed E-state index contributed by atoms with van der Waals surface area (Å²) in [6.07, 6.45) is 3.44. The molecule has 0 fully saturated rings. The van der Waals surface area contributed by atoms with E-state index >= 15 is 0 Å². The van der Waals surface area contributed by atoms with Crippen LogP contribution in [0.2, 0.25) is 0 Å². The number of thiazole rings is 1. The lowest BCUT2D eigenvalue weighted by Gasteiger charge is -2.06. The van der Waals surface area contributed by atoms with Gasteiger partial charge in [0.15, 0.2) is 0 Å². The SMILES string of the molecule is Cc1oc(-n2cccc2)c(C#N)c1C(=O)OCCn1c(C)csc1=O. The van der Waals surface area contributed by atoms with Crippen molar-refractivity contribution in [1.82, 2.24) is 9.13 Å². The first-order valence-electron chi connectivity index (χ1n) is 7.51. The number of carbonyl (C=O) groups excluding carboxylic acids is 1.